The van der Waals surface area contributed by atoms with Crippen LogP contribution in [0.15, 0.2) is 18.2 Å². The Balaban J connectivity index is 1.77. The first kappa shape index (κ1) is 12.0. The Labute approximate surface area is 110 Å². The van der Waals surface area contributed by atoms with E-state index in [2.05, 4.69) is 10.6 Å². The summed E-state index contributed by atoms with van der Waals surface area (Å²) in [6, 6.07) is 5.17. The molecule has 0 atom stereocenters. The molecule has 4 N–H and O–H groups in total. The number of nitrogens with two attached hydrogens (primary N) is 1. The minimum absolute atomic E-state index is 0.0228. The van der Waals surface area contributed by atoms with Gasteiger partial charge in [-0.15, -0.1) is 0 Å². The van der Waals surface area contributed by atoms with Gasteiger partial charge in [0.2, 0.25) is 5.91 Å². The van der Waals surface area contributed by atoms with Gasteiger partial charge < -0.3 is 21.1 Å². The first-order chi connectivity index (χ1) is 9.13. The molecule has 2 amide bonds. The maximum Gasteiger partial charge on any atom is 0.262 e. The summed E-state index contributed by atoms with van der Waals surface area (Å²) in [4.78, 5) is 23.3. The Morgan fingerprint density at radius 2 is 2.26 bits per heavy atom. The minimum Gasteiger partial charge on any atom is -0.482 e. The monoisotopic (exact) mass is 261 g/mol. The highest BCUT2D eigenvalue weighted by Gasteiger charge is 2.48. The topological polar surface area (TPSA) is 93.5 Å². The lowest BCUT2D eigenvalue weighted by atomic mass is 10.1. The Morgan fingerprint density at radius 3 is 2.95 bits per heavy atom. The Morgan fingerprint density at radius 1 is 1.47 bits per heavy atom. The van der Waals surface area contributed by atoms with Gasteiger partial charge in [-0.25, -0.2) is 0 Å². The highest BCUT2D eigenvalue weighted by atomic mass is 16.5. The van der Waals surface area contributed by atoms with Crippen LogP contribution in [0.25, 0.3) is 0 Å². The molecular formula is C13H15N3O3. The second-order valence-corrected chi connectivity index (χ2v) is 4.99. The van der Waals surface area contributed by atoms with Crippen LogP contribution in [0.5, 0.6) is 5.75 Å². The van der Waals surface area contributed by atoms with Crippen molar-refractivity contribution in [2.75, 3.05) is 23.8 Å². The summed E-state index contributed by atoms with van der Waals surface area (Å²) in [6.45, 7) is 0.388. The second kappa shape index (κ2) is 4.24. The lowest BCUT2D eigenvalue weighted by Crippen LogP contribution is -2.31. The number of amides is 2. The zero-order valence-electron chi connectivity index (χ0n) is 10.4. The van der Waals surface area contributed by atoms with Crippen LogP contribution in [0.4, 0.5) is 11.4 Å². The molecule has 0 aromatic heterocycles. The summed E-state index contributed by atoms with van der Waals surface area (Å²) in [5.41, 5.74) is 6.43. The number of hydrogen-bond donors (Lipinski definition) is 3. The number of fused-ring (bicyclic) bond motifs is 1. The molecule has 0 bridgehead atoms. The van der Waals surface area contributed by atoms with E-state index in [0.29, 0.717) is 23.7 Å². The summed E-state index contributed by atoms with van der Waals surface area (Å²) < 4.78 is 5.25. The van der Waals surface area contributed by atoms with Gasteiger partial charge in [-0.1, -0.05) is 0 Å². The number of rotatable bonds is 3. The van der Waals surface area contributed by atoms with Gasteiger partial charge in [-0.3, -0.25) is 9.59 Å². The number of nitrogens with one attached hydrogen (secondary N) is 2. The predicted octanol–water partition coefficient (Wildman–Crippen LogP) is 0.695. The Hall–Kier alpha value is -2.08. The van der Waals surface area contributed by atoms with E-state index in [1.807, 2.05) is 0 Å². The lowest BCUT2D eigenvalue weighted by Gasteiger charge is -2.19. The molecule has 0 unspecified atom stereocenters. The molecular weight excluding hydrogens is 246 g/mol. The van der Waals surface area contributed by atoms with Gasteiger partial charge in [0, 0.05) is 12.2 Å². The lowest BCUT2D eigenvalue weighted by molar-refractivity contribution is -0.121. The molecule has 0 radical (unpaired) electrons. The summed E-state index contributed by atoms with van der Waals surface area (Å²) >= 11 is 0. The fourth-order valence-corrected chi connectivity index (χ4v) is 2.10. The first-order valence-corrected chi connectivity index (χ1v) is 6.21. The van der Waals surface area contributed by atoms with Gasteiger partial charge in [0.25, 0.3) is 5.91 Å². The average molecular weight is 261 g/mol. The van der Waals surface area contributed by atoms with E-state index < -0.39 is 5.41 Å². The van der Waals surface area contributed by atoms with E-state index in [1.54, 1.807) is 18.2 Å². The van der Waals surface area contributed by atoms with Crippen molar-refractivity contribution in [3.8, 4) is 5.75 Å². The zero-order chi connectivity index (χ0) is 13.5. The highest BCUT2D eigenvalue weighted by molar-refractivity contribution is 6.00. The standard InChI is InChI=1S/C13H15N3O3/c14-7-13(3-4-13)12(18)15-8-1-2-10-9(5-8)16-11(17)6-19-10/h1-2,5H,3-4,6-7,14H2,(H,15,18)(H,16,17). The molecule has 1 saturated carbocycles. The van der Waals surface area contributed by atoms with Crippen molar-refractivity contribution in [3.63, 3.8) is 0 Å². The van der Waals surface area contributed by atoms with Gasteiger partial charge in [0.1, 0.15) is 5.75 Å². The van der Waals surface area contributed by atoms with Gasteiger partial charge in [0.15, 0.2) is 6.61 Å². The summed E-state index contributed by atoms with van der Waals surface area (Å²) in [7, 11) is 0. The normalized spacial score (nSPS) is 18.9. The van der Waals surface area contributed by atoms with Crippen LogP contribution < -0.4 is 21.1 Å². The summed E-state index contributed by atoms with van der Waals surface area (Å²) in [5, 5.41) is 5.54. The predicted molar refractivity (Wildman–Crippen MR) is 69.9 cm³/mol. The van der Waals surface area contributed by atoms with Gasteiger partial charge in [-0.2, -0.15) is 0 Å². The van der Waals surface area contributed by atoms with Crippen molar-refractivity contribution < 1.29 is 14.3 Å². The molecule has 0 saturated heterocycles. The van der Waals surface area contributed by atoms with Crippen LogP contribution in [0.1, 0.15) is 12.8 Å². The molecule has 1 aromatic rings. The fourth-order valence-electron chi connectivity index (χ4n) is 2.10. The summed E-state index contributed by atoms with van der Waals surface area (Å²) in [6.07, 6.45) is 1.67. The number of ether oxygens (including phenoxy) is 1. The third-order valence-electron chi connectivity index (χ3n) is 3.60. The largest absolute Gasteiger partial charge is 0.482 e. The molecule has 100 valence electrons. The van der Waals surface area contributed by atoms with Crippen molar-refractivity contribution in [1.29, 1.82) is 0 Å². The molecule has 6 nitrogen and oxygen atoms in total. The minimum atomic E-state index is -0.393. The summed E-state index contributed by atoms with van der Waals surface area (Å²) in [5.74, 6) is 0.354. The first-order valence-electron chi connectivity index (χ1n) is 6.21. The number of benzene rings is 1. The van der Waals surface area contributed by atoms with E-state index >= 15 is 0 Å². The van der Waals surface area contributed by atoms with Crippen LogP contribution in [0, 0.1) is 5.41 Å². The molecule has 0 spiro atoms. The quantitative estimate of drug-likeness (QED) is 0.746. The highest BCUT2D eigenvalue weighted by Crippen LogP contribution is 2.45. The van der Waals surface area contributed by atoms with E-state index in [0.717, 1.165) is 12.8 Å². The maximum absolute atomic E-state index is 12.1. The third-order valence-corrected chi connectivity index (χ3v) is 3.60. The van der Waals surface area contributed by atoms with Crippen molar-refractivity contribution in [2.45, 2.75) is 12.8 Å². The van der Waals surface area contributed by atoms with E-state index in [4.69, 9.17) is 10.5 Å². The molecule has 1 heterocycles. The van der Waals surface area contributed by atoms with Crippen molar-refractivity contribution in [1.82, 2.24) is 0 Å². The van der Waals surface area contributed by atoms with Crippen molar-refractivity contribution in [2.24, 2.45) is 11.1 Å². The fraction of sp³-hybridized carbons (Fsp3) is 0.385. The molecule has 2 aliphatic rings. The molecule has 1 aliphatic carbocycles. The molecule has 3 rings (SSSR count). The molecule has 19 heavy (non-hydrogen) atoms. The SMILES string of the molecule is NCC1(C(=O)Nc2ccc3c(c2)NC(=O)CO3)CC1. The smallest absolute Gasteiger partial charge is 0.262 e. The Kier molecular flexibility index (Phi) is 2.67. The van der Waals surface area contributed by atoms with Crippen LogP contribution in [0.2, 0.25) is 0 Å². The van der Waals surface area contributed by atoms with Crippen LogP contribution in [-0.4, -0.2) is 25.0 Å². The number of carbonyl (C=O) groups excluding carboxylic acids is 2. The maximum atomic E-state index is 12.1. The zero-order valence-corrected chi connectivity index (χ0v) is 10.4. The second-order valence-electron chi connectivity index (χ2n) is 4.99. The van der Waals surface area contributed by atoms with Gasteiger partial charge in [0.05, 0.1) is 11.1 Å². The molecule has 1 aliphatic heterocycles. The molecule has 1 fully saturated rings. The van der Waals surface area contributed by atoms with Gasteiger partial charge in [-0.05, 0) is 31.0 Å². The van der Waals surface area contributed by atoms with Crippen LogP contribution >= 0.6 is 0 Å². The number of carbonyl (C=O) groups is 2. The van der Waals surface area contributed by atoms with E-state index in [-0.39, 0.29) is 18.4 Å². The van der Waals surface area contributed by atoms with Crippen LogP contribution in [0.3, 0.4) is 0 Å². The van der Waals surface area contributed by atoms with Crippen LogP contribution in [-0.2, 0) is 9.59 Å². The number of anilines is 2. The Bertz CT molecular complexity index is 552. The van der Waals surface area contributed by atoms with E-state index in [1.165, 1.54) is 0 Å². The third kappa shape index (κ3) is 2.15. The average Bonchev–Trinajstić information content (AvgIpc) is 3.19. The van der Waals surface area contributed by atoms with Crippen molar-refractivity contribution in [3.05, 3.63) is 18.2 Å². The van der Waals surface area contributed by atoms with Gasteiger partial charge >= 0.3 is 0 Å². The van der Waals surface area contributed by atoms with Crippen molar-refractivity contribution >= 4 is 23.2 Å². The molecule has 6 heteroatoms. The number of hydrogen-bond acceptors (Lipinski definition) is 4. The molecule has 1 aromatic carbocycles. The van der Waals surface area contributed by atoms with E-state index in [9.17, 15) is 9.59 Å².